The van der Waals surface area contributed by atoms with Crippen LogP contribution in [0.2, 0.25) is 0 Å². The first-order valence-electron chi connectivity index (χ1n) is 8.91. The van der Waals surface area contributed by atoms with Gasteiger partial charge in [0.05, 0.1) is 0 Å². The maximum atomic E-state index is 13.7. The highest BCUT2D eigenvalue weighted by Gasteiger charge is 2.86. The number of halogens is 9. The molecular weight excluding hydrogens is 443 g/mol. The van der Waals surface area contributed by atoms with Crippen LogP contribution in [-0.4, -0.2) is 31.7 Å². The van der Waals surface area contributed by atoms with Crippen molar-refractivity contribution in [1.29, 1.82) is 0 Å². The van der Waals surface area contributed by atoms with Gasteiger partial charge in [-0.3, -0.25) is 0 Å². The molecule has 1 aliphatic rings. The van der Waals surface area contributed by atoms with Crippen LogP contribution in [0.25, 0.3) is 0 Å². The van der Waals surface area contributed by atoms with Crippen LogP contribution >= 0.6 is 0 Å². The fourth-order valence-electron chi connectivity index (χ4n) is 2.66. The third-order valence-electron chi connectivity index (χ3n) is 4.40. The Morgan fingerprint density at radius 2 is 1.14 bits per heavy atom. The molecule has 0 unspecified atom stereocenters. The molecule has 0 aromatic rings. The molecule has 0 spiro atoms. The number of alkyl halides is 9. The Morgan fingerprint density at radius 3 is 1.62 bits per heavy atom. The Kier molecular flexibility index (Phi) is 8.34. The minimum absolute atomic E-state index is 0.144. The molecule has 0 bridgehead atoms. The van der Waals surface area contributed by atoms with Crippen LogP contribution in [0.3, 0.4) is 0 Å². The van der Waals surface area contributed by atoms with Gasteiger partial charge < -0.3 is 4.18 Å². The second-order valence-corrected chi connectivity index (χ2v) is 8.33. The van der Waals surface area contributed by atoms with Crippen LogP contribution < -0.4 is 0 Å². The van der Waals surface area contributed by atoms with E-state index in [-0.39, 0.29) is 19.3 Å². The molecule has 29 heavy (non-hydrogen) atoms. The van der Waals surface area contributed by atoms with E-state index in [0.29, 0.717) is 12.8 Å². The van der Waals surface area contributed by atoms with Gasteiger partial charge in [0.2, 0.25) is 0 Å². The van der Waals surface area contributed by atoms with Gasteiger partial charge in [0.1, 0.15) is 5.76 Å². The minimum atomic E-state index is -7.30. The summed E-state index contributed by atoms with van der Waals surface area (Å²) >= 11 is 0. The zero-order valence-corrected chi connectivity index (χ0v) is 16.0. The quantitative estimate of drug-likeness (QED) is 0.342. The molecule has 0 saturated heterocycles. The van der Waals surface area contributed by atoms with Crippen LogP contribution in [0.5, 0.6) is 0 Å². The van der Waals surface area contributed by atoms with E-state index >= 15 is 0 Å². The van der Waals surface area contributed by atoms with Crippen LogP contribution in [-0.2, 0) is 14.3 Å². The van der Waals surface area contributed by atoms with Crippen molar-refractivity contribution in [2.45, 2.75) is 87.5 Å². The van der Waals surface area contributed by atoms with Crippen molar-refractivity contribution in [3.8, 4) is 0 Å². The van der Waals surface area contributed by atoms with E-state index in [2.05, 4.69) is 4.18 Å². The molecule has 3 nitrogen and oxygen atoms in total. The summed E-state index contributed by atoms with van der Waals surface area (Å²) in [5.41, 5.74) is 0. The van der Waals surface area contributed by atoms with Crippen molar-refractivity contribution >= 4 is 10.1 Å². The zero-order valence-electron chi connectivity index (χ0n) is 15.2. The minimum Gasteiger partial charge on any atom is -0.383 e. The molecule has 0 radical (unpaired) electrons. The summed E-state index contributed by atoms with van der Waals surface area (Å²) in [5, 5.41) is -6.83. The molecule has 0 N–H and O–H groups in total. The smallest absolute Gasteiger partial charge is 0.383 e. The molecule has 1 aliphatic carbocycles. The number of rotatable bonds is 5. The third-order valence-corrected chi connectivity index (χ3v) is 5.71. The van der Waals surface area contributed by atoms with Gasteiger partial charge in [-0.15, -0.1) is 0 Å². The predicted molar refractivity (Wildman–Crippen MR) is 85.2 cm³/mol. The van der Waals surface area contributed by atoms with Crippen LogP contribution in [0.4, 0.5) is 39.5 Å². The normalized spacial score (nSPS) is 21.5. The Bertz CT molecular complexity index is 670. The number of hydrogen-bond acceptors (Lipinski definition) is 3. The second kappa shape index (κ2) is 9.34. The molecule has 1 rings (SSSR count). The molecule has 172 valence electrons. The molecule has 0 atom stereocenters. The van der Waals surface area contributed by atoms with Gasteiger partial charge in [-0.25, -0.2) is 0 Å². The van der Waals surface area contributed by atoms with Gasteiger partial charge in [-0.2, -0.15) is 47.9 Å². The van der Waals surface area contributed by atoms with E-state index in [9.17, 15) is 47.9 Å². The zero-order chi connectivity index (χ0) is 22.6. The predicted octanol–water partition coefficient (Wildman–Crippen LogP) is 6.56. The lowest BCUT2D eigenvalue weighted by atomic mass is 10.0. The maximum Gasteiger partial charge on any atom is 0.460 e. The molecule has 0 aliphatic heterocycles. The Hall–Kier alpha value is -1.14. The van der Waals surface area contributed by atoms with Crippen LogP contribution in [0, 0.1) is 0 Å². The van der Waals surface area contributed by atoms with Crippen LogP contribution in [0.15, 0.2) is 11.8 Å². The lowest BCUT2D eigenvalue weighted by Gasteiger charge is -2.32. The SMILES string of the molecule is O=S(=O)(O/C1=C/CCCCCCCCCC1)C(F)(F)C(F)(F)C(F)(F)C(F)(F)F. The molecule has 0 fully saturated rings. The second-order valence-electron chi connectivity index (χ2n) is 6.74. The Morgan fingerprint density at radius 1 is 0.690 bits per heavy atom. The summed E-state index contributed by atoms with van der Waals surface area (Å²) in [6.07, 6.45) is -0.689. The molecule has 0 heterocycles. The van der Waals surface area contributed by atoms with E-state index in [1.54, 1.807) is 0 Å². The lowest BCUT2D eigenvalue weighted by Crippen LogP contribution is -2.63. The van der Waals surface area contributed by atoms with E-state index < -0.39 is 39.2 Å². The fraction of sp³-hybridized carbons (Fsp3) is 0.875. The Labute approximate surface area is 162 Å². The van der Waals surface area contributed by atoms with Crippen molar-refractivity contribution < 1.29 is 52.1 Å². The Balaban J connectivity index is 3.13. The van der Waals surface area contributed by atoms with E-state index in [1.807, 2.05) is 0 Å². The first-order chi connectivity index (χ1) is 13.1. The topological polar surface area (TPSA) is 43.4 Å². The van der Waals surface area contributed by atoms with Gasteiger partial charge in [-0.05, 0) is 25.3 Å². The van der Waals surface area contributed by atoms with Gasteiger partial charge >= 0.3 is 33.4 Å². The highest BCUT2D eigenvalue weighted by molar-refractivity contribution is 7.88. The largest absolute Gasteiger partial charge is 0.460 e. The average Bonchev–Trinajstić information content (AvgIpc) is 2.55. The number of hydrogen-bond donors (Lipinski definition) is 0. The van der Waals surface area contributed by atoms with Crippen molar-refractivity contribution in [1.82, 2.24) is 0 Å². The summed E-state index contributed by atoms with van der Waals surface area (Å²) < 4.78 is 144. The molecule has 0 aromatic carbocycles. The van der Waals surface area contributed by atoms with Crippen molar-refractivity contribution in [2.24, 2.45) is 0 Å². The number of allylic oxidation sites excluding steroid dienone is 2. The summed E-state index contributed by atoms with van der Waals surface area (Å²) in [6.45, 7) is 0. The first-order valence-corrected chi connectivity index (χ1v) is 10.3. The van der Waals surface area contributed by atoms with Crippen molar-refractivity contribution in [3.63, 3.8) is 0 Å². The van der Waals surface area contributed by atoms with Gasteiger partial charge in [0.25, 0.3) is 0 Å². The highest BCUT2D eigenvalue weighted by atomic mass is 32.2. The fourth-order valence-corrected chi connectivity index (χ4v) is 3.64. The van der Waals surface area contributed by atoms with Gasteiger partial charge in [-0.1, -0.05) is 38.5 Å². The third kappa shape index (κ3) is 5.72. The van der Waals surface area contributed by atoms with Gasteiger partial charge in [0, 0.05) is 6.42 Å². The van der Waals surface area contributed by atoms with E-state index in [4.69, 9.17) is 0 Å². The average molecular weight is 464 g/mol. The standard InChI is InChI=1S/C16H21F9O3S/c17-13(18,15(21,22)23)14(19,20)16(24,25)29(26,27)28-12-10-8-6-4-2-1-3-5-7-9-11-12/h10H,1-9,11H2/b12-10+. The molecule has 0 amide bonds. The maximum absolute atomic E-state index is 13.7. The van der Waals surface area contributed by atoms with Crippen LogP contribution in [0.1, 0.15) is 64.2 Å². The lowest BCUT2D eigenvalue weighted by molar-refractivity contribution is -0.382. The summed E-state index contributed by atoms with van der Waals surface area (Å²) in [6, 6.07) is 0. The highest BCUT2D eigenvalue weighted by Crippen LogP contribution is 2.55. The monoisotopic (exact) mass is 464 g/mol. The molecule has 0 saturated carbocycles. The summed E-state index contributed by atoms with van der Waals surface area (Å²) in [4.78, 5) is 0. The van der Waals surface area contributed by atoms with Crippen molar-refractivity contribution in [2.75, 3.05) is 0 Å². The molecular formula is C16H21F9O3S. The van der Waals surface area contributed by atoms with Gasteiger partial charge in [0.15, 0.2) is 0 Å². The summed E-state index contributed by atoms with van der Waals surface area (Å²) in [7, 11) is -6.86. The van der Waals surface area contributed by atoms with E-state index in [0.717, 1.165) is 38.2 Å². The first kappa shape index (κ1) is 25.9. The molecule has 0 aromatic heterocycles. The summed E-state index contributed by atoms with van der Waals surface area (Å²) in [5.74, 6) is -15.3. The van der Waals surface area contributed by atoms with E-state index in [1.165, 1.54) is 0 Å². The molecule has 13 heteroatoms. The van der Waals surface area contributed by atoms with Crippen molar-refractivity contribution in [3.05, 3.63) is 11.8 Å².